The summed E-state index contributed by atoms with van der Waals surface area (Å²) in [5, 5.41) is 17.0. The van der Waals surface area contributed by atoms with Gasteiger partial charge in [-0.3, -0.25) is 14.4 Å². The molecular formula is C21H30N4O6. The van der Waals surface area contributed by atoms with E-state index in [-0.39, 0.29) is 26.2 Å². The smallest absolute Gasteiger partial charge is 0.321 e. The second-order valence-electron chi connectivity index (χ2n) is 7.46. The molecule has 0 radical (unpaired) electrons. The molecule has 4 amide bonds. The number of esters is 1. The minimum Gasteiger partial charge on any atom is -0.465 e. The van der Waals surface area contributed by atoms with Gasteiger partial charge in [-0.25, -0.2) is 4.79 Å². The van der Waals surface area contributed by atoms with Crippen LogP contribution in [0.15, 0.2) is 24.3 Å². The van der Waals surface area contributed by atoms with E-state index in [2.05, 4.69) is 16.0 Å². The summed E-state index contributed by atoms with van der Waals surface area (Å²) in [6.07, 6.45) is 2.08. The van der Waals surface area contributed by atoms with Gasteiger partial charge >= 0.3 is 12.0 Å². The predicted molar refractivity (Wildman–Crippen MR) is 113 cm³/mol. The van der Waals surface area contributed by atoms with Gasteiger partial charge in [0, 0.05) is 12.2 Å². The monoisotopic (exact) mass is 434 g/mol. The van der Waals surface area contributed by atoms with Crippen molar-refractivity contribution in [3.05, 3.63) is 29.8 Å². The summed E-state index contributed by atoms with van der Waals surface area (Å²) in [5.41, 5.74) is 4.99. The van der Waals surface area contributed by atoms with Gasteiger partial charge in [-0.2, -0.15) is 0 Å². The summed E-state index contributed by atoms with van der Waals surface area (Å²) < 4.78 is 5.07. The van der Waals surface area contributed by atoms with Gasteiger partial charge in [0.2, 0.25) is 11.8 Å². The van der Waals surface area contributed by atoms with Crippen LogP contribution >= 0.6 is 0 Å². The molecule has 1 aliphatic rings. The highest BCUT2D eigenvalue weighted by Gasteiger charge is 2.52. The topological polar surface area (TPSA) is 160 Å². The molecule has 0 aromatic heterocycles. The van der Waals surface area contributed by atoms with Gasteiger partial charge in [0.25, 0.3) is 0 Å². The summed E-state index contributed by atoms with van der Waals surface area (Å²) >= 11 is 0. The highest BCUT2D eigenvalue weighted by molar-refractivity contribution is 6.06. The molecule has 10 heteroatoms. The third-order valence-corrected chi connectivity index (χ3v) is 5.30. The first kappa shape index (κ1) is 24.1. The number of urea groups is 1. The van der Waals surface area contributed by atoms with Crippen LogP contribution < -0.4 is 21.7 Å². The zero-order chi connectivity index (χ0) is 22.9. The summed E-state index contributed by atoms with van der Waals surface area (Å²) in [5.74, 6) is -1.56. The molecule has 0 bridgehead atoms. The molecule has 10 nitrogen and oxygen atoms in total. The molecule has 2 rings (SSSR count). The third-order valence-electron chi connectivity index (χ3n) is 5.30. The van der Waals surface area contributed by atoms with E-state index < -0.39 is 35.3 Å². The number of aliphatic hydroxyl groups is 1. The summed E-state index contributed by atoms with van der Waals surface area (Å²) in [6.45, 7) is 1.96. The lowest BCUT2D eigenvalue weighted by Crippen LogP contribution is -2.56. The molecule has 1 fully saturated rings. The fourth-order valence-corrected chi connectivity index (χ4v) is 3.33. The third kappa shape index (κ3) is 6.42. The molecule has 0 saturated heterocycles. The maximum absolute atomic E-state index is 12.9. The number of nitrogens with one attached hydrogen (secondary N) is 3. The van der Waals surface area contributed by atoms with E-state index in [1.54, 1.807) is 31.2 Å². The van der Waals surface area contributed by atoms with E-state index in [4.69, 9.17) is 15.6 Å². The lowest BCUT2D eigenvalue weighted by Gasteiger charge is -2.38. The molecule has 1 aliphatic carbocycles. The number of aliphatic hydroxyl groups excluding tert-OH is 1. The Morgan fingerprint density at radius 2 is 1.87 bits per heavy atom. The fraction of sp³-hybridized carbons (Fsp3) is 0.524. The van der Waals surface area contributed by atoms with Crippen molar-refractivity contribution >= 4 is 29.5 Å². The van der Waals surface area contributed by atoms with Crippen LogP contribution in [0, 0.1) is 5.41 Å². The minimum atomic E-state index is -1.26. The number of rotatable bonds is 11. The Morgan fingerprint density at radius 3 is 2.39 bits per heavy atom. The van der Waals surface area contributed by atoms with Gasteiger partial charge in [0.05, 0.1) is 13.2 Å². The van der Waals surface area contributed by atoms with Crippen molar-refractivity contribution in [2.24, 2.45) is 11.1 Å². The van der Waals surface area contributed by atoms with E-state index in [1.165, 1.54) is 0 Å². The molecule has 0 aliphatic heterocycles. The molecule has 0 heterocycles. The van der Waals surface area contributed by atoms with Gasteiger partial charge in [-0.05, 0) is 50.3 Å². The minimum absolute atomic E-state index is 0.115. The Kier molecular flexibility index (Phi) is 8.80. The SMILES string of the molecule is CCOC(=O)C1(C(=O)N[C@@H](CCCNC(N)=O)C(=O)Nc2ccc(CO)cc2)CCC1. The standard InChI is InChI=1S/C21H30N4O6/c1-2-31-19(29)21(10-4-11-21)18(28)25-16(5-3-12-23-20(22)30)17(27)24-15-8-6-14(13-26)7-9-15/h6-9,16,26H,2-5,10-13H2,1H3,(H,24,27)(H,25,28)(H3,22,23,30)/t16-/m0/s1. The molecule has 0 unspecified atom stereocenters. The number of carbonyl (C=O) groups excluding carboxylic acids is 4. The maximum Gasteiger partial charge on any atom is 0.321 e. The van der Waals surface area contributed by atoms with Crippen molar-refractivity contribution in [2.75, 3.05) is 18.5 Å². The van der Waals surface area contributed by atoms with Crippen LogP contribution in [-0.4, -0.2) is 48.1 Å². The molecule has 1 aromatic rings. The van der Waals surface area contributed by atoms with Crippen molar-refractivity contribution in [1.29, 1.82) is 0 Å². The lowest BCUT2D eigenvalue weighted by molar-refractivity contribution is -0.167. The number of nitrogens with two attached hydrogens (primary N) is 1. The largest absolute Gasteiger partial charge is 0.465 e. The predicted octanol–water partition coefficient (Wildman–Crippen LogP) is 0.784. The number of hydrogen-bond acceptors (Lipinski definition) is 6. The molecular weight excluding hydrogens is 404 g/mol. The zero-order valence-corrected chi connectivity index (χ0v) is 17.6. The van der Waals surface area contributed by atoms with Gasteiger partial charge in [0.1, 0.15) is 11.5 Å². The number of primary amides is 1. The van der Waals surface area contributed by atoms with Gasteiger partial charge in [-0.15, -0.1) is 0 Å². The molecule has 0 spiro atoms. The number of ether oxygens (including phenoxy) is 1. The molecule has 1 saturated carbocycles. The summed E-state index contributed by atoms with van der Waals surface area (Å²) in [4.78, 5) is 49.0. The zero-order valence-electron chi connectivity index (χ0n) is 17.6. The Bertz CT molecular complexity index is 792. The van der Waals surface area contributed by atoms with E-state index >= 15 is 0 Å². The maximum atomic E-state index is 12.9. The summed E-state index contributed by atoms with van der Waals surface area (Å²) in [7, 11) is 0. The van der Waals surface area contributed by atoms with Gasteiger partial charge in [0.15, 0.2) is 0 Å². The second-order valence-corrected chi connectivity index (χ2v) is 7.46. The number of benzene rings is 1. The van der Waals surface area contributed by atoms with Crippen LogP contribution in [0.1, 0.15) is 44.6 Å². The normalized spacial score (nSPS) is 15.2. The van der Waals surface area contributed by atoms with Gasteiger partial charge in [-0.1, -0.05) is 18.6 Å². The van der Waals surface area contributed by atoms with Crippen LogP contribution in [0.5, 0.6) is 0 Å². The fourth-order valence-electron chi connectivity index (χ4n) is 3.33. The quantitative estimate of drug-likeness (QED) is 0.197. The highest BCUT2D eigenvalue weighted by Crippen LogP contribution is 2.42. The lowest BCUT2D eigenvalue weighted by atomic mass is 9.68. The van der Waals surface area contributed by atoms with Crippen LogP contribution in [0.4, 0.5) is 10.5 Å². The molecule has 1 aromatic carbocycles. The highest BCUT2D eigenvalue weighted by atomic mass is 16.5. The van der Waals surface area contributed by atoms with Crippen molar-refractivity contribution in [1.82, 2.24) is 10.6 Å². The first-order chi connectivity index (χ1) is 14.8. The van der Waals surface area contributed by atoms with Crippen molar-refractivity contribution in [3.8, 4) is 0 Å². The van der Waals surface area contributed by atoms with Gasteiger partial charge < -0.3 is 31.5 Å². The van der Waals surface area contributed by atoms with Crippen LogP contribution in [0.25, 0.3) is 0 Å². The van der Waals surface area contributed by atoms with E-state index in [0.29, 0.717) is 30.5 Å². The van der Waals surface area contributed by atoms with E-state index in [0.717, 1.165) is 6.42 Å². The number of hydrogen-bond donors (Lipinski definition) is 5. The average Bonchev–Trinajstić information content (AvgIpc) is 2.70. The second kappa shape index (κ2) is 11.3. The van der Waals surface area contributed by atoms with Crippen molar-refractivity contribution in [2.45, 2.75) is 51.7 Å². The van der Waals surface area contributed by atoms with Crippen LogP contribution in [0.2, 0.25) is 0 Å². The average molecular weight is 434 g/mol. The Labute approximate surface area is 180 Å². The Hall–Kier alpha value is -3.14. The van der Waals surface area contributed by atoms with Crippen molar-refractivity contribution < 1.29 is 29.0 Å². The summed E-state index contributed by atoms with van der Waals surface area (Å²) in [6, 6.07) is 5.02. The molecule has 6 N–H and O–H groups in total. The number of carbonyl (C=O) groups is 4. The number of amides is 4. The first-order valence-corrected chi connectivity index (χ1v) is 10.3. The van der Waals surface area contributed by atoms with E-state index in [1.807, 2.05) is 0 Å². The van der Waals surface area contributed by atoms with Crippen molar-refractivity contribution in [3.63, 3.8) is 0 Å². The van der Waals surface area contributed by atoms with E-state index in [9.17, 15) is 19.2 Å². The van der Waals surface area contributed by atoms with Crippen LogP contribution in [0.3, 0.4) is 0 Å². The first-order valence-electron chi connectivity index (χ1n) is 10.3. The molecule has 1 atom stereocenters. The number of anilines is 1. The molecule has 170 valence electrons. The Morgan fingerprint density at radius 1 is 1.19 bits per heavy atom. The molecule has 31 heavy (non-hydrogen) atoms. The Balaban J connectivity index is 2.08. The van der Waals surface area contributed by atoms with Crippen LogP contribution in [-0.2, 0) is 25.7 Å².